The summed E-state index contributed by atoms with van der Waals surface area (Å²) in [6.07, 6.45) is 3.21. The van der Waals surface area contributed by atoms with Crippen molar-refractivity contribution in [2.75, 3.05) is 103 Å². The molecule has 0 aliphatic heterocycles. The average molecular weight is 648 g/mol. The van der Waals surface area contributed by atoms with Crippen molar-refractivity contribution in [2.45, 2.75) is 12.8 Å². The topological polar surface area (TPSA) is 36.0 Å². The highest BCUT2D eigenvalue weighted by atomic mass is 33.1. The molecule has 242 valence electrons. The van der Waals surface area contributed by atoms with Gasteiger partial charge in [0.05, 0.1) is 40.0 Å². The van der Waals surface area contributed by atoms with Gasteiger partial charge in [0.25, 0.3) is 0 Å². The lowest BCUT2D eigenvalue weighted by Crippen LogP contribution is -2.43. The Bertz CT molecular complexity index is 1530. The minimum Gasteiger partial charge on any atom is -0.496 e. The molecule has 4 aromatic carbocycles. The van der Waals surface area contributed by atoms with Crippen LogP contribution < -0.4 is 14.5 Å². The van der Waals surface area contributed by atoms with E-state index in [1.165, 1.54) is 28.7 Å². The number of aldehydes is 1. The normalized spacial score (nSPS) is 11.8. The van der Waals surface area contributed by atoms with Gasteiger partial charge in [-0.2, -0.15) is 0 Å². The van der Waals surface area contributed by atoms with E-state index < -0.39 is 0 Å². The monoisotopic (exact) mass is 647 g/mol. The second-order valence-corrected chi connectivity index (χ2v) is 15.3. The summed E-state index contributed by atoms with van der Waals surface area (Å²) in [5.41, 5.74) is 3.20. The van der Waals surface area contributed by atoms with Gasteiger partial charge in [0.15, 0.2) is 6.29 Å². The Balaban J connectivity index is 1.09. The van der Waals surface area contributed by atoms with E-state index in [0.717, 1.165) is 89.9 Å². The van der Waals surface area contributed by atoms with Crippen LogP contribution in [-0.2, 0) is 0 Å². The van der Waals surface area contributed by atoms with E-state index in [0.29, 0.717) is 0 Å². The molecule has 45 heavy (non-hydrogen) atoms. The summed E-state index contributed by atoms with van der Waals surface area (Å²) in [5, 5.41) is 4.58. The predicted octanol–water partition coefficient (Wildman–Crippen LogP) is 7.56. The third kappa shape index (κ3) is 9.79. The van der Waals surface area contributed by atoms with Crippen LogP contribution >= 0.6 is 21.6 Å². The molecule has 0 fully saturated rings. The van der Waals surface area contributed by atoms with Crippen LogP contribution in [0.3, 0.4) is 0 Å². The molecule has 4 aromatic rings. The van der Waals surface area contributed by atoms with Crippen molar-refractivity contribution in [1.82, 2.24) is 4.90 Å². The van der Waals surface area contributed by atoms with Crippen molar-refractivity contribution < 1.29 is 14.0 Å². The summed E-state index contributed by atoms with van der Waals surface area (Å²) in [4.78, 5) is 18.6. The fourth-order valence-corrected chi connectivity index (χ4v) is 8.23. The molecule has 8 heteroatoms. The van der Waals surface area contributed by atoms with E-state index in [1.54, 1.807) is 7.11 Å². The Morgan fingerprint density at radius 3 is 1.91 bits per heavy atom. The minimum absolute atomic E-state index is 0.755. The molecule has 0 aromatic heterocycles. The summed E-state index contributed by atoms with van der Waals surface area (Å²) in [7, 11) is 17.0. The third-order valence-corrected chi connectivity index (χ3v) is 11.0. The van der Waals surface area contributed by atoms with Crippen LogP contribution in [0, 0.1) is 0 Å². The van der Waals surface area contributed by atoms with E-state index in [1.807, 2.05) is 45.9 Å². The third-order valence-electron chi connectivity index (χ3n) is 8.68. The summed E-state index contributed by atoms with van der Waals surface area (Å²) in [5.74, 6) is 3.24. The maximum atomic E-state index is 11.5. The quantitative estimate of drug-likeness (QED) is 0.0450. The zero-order valence-corrected chi connectivity index (χ0v) is 29.6. The van der Waals surface area contributed by atoms with Gasteiger partial charge in [0.1, 0.15) is 5.75 Å². The first kappa shape index (κ1) is 35.0. The largest absolute Gasteiger partial charge is 0.496 e. The summed E-state index contributed by atoms with van der Waals surface area (Å²) in [6, 6.07) is 25.0. The van der Waals surface area contributed by atoms with Gasteiger partial charge < -0.3 is 23.9 Å². The molecule has 0 amide bonds. The standard InChI is InChI=1S/C37H51N4O2S2/c1-38(21-11-22-39(2)36-19-20-37(43-6)34-16-10-9-15-33(34)36)24-27-44-45-28-26-41(4,5)25-12-23-40(3)35-18-17-30(29-42)31-13-7-8-14-32(31)35/h7-10,13-20,29H,11-12,21-28H2,1-6H3/q+1. The smallest absolute Gasteiger partial charge is 0.150 e. The molecule has 0 saturated heterocycles. The number of quaternary nitrogens is 1. The number of hydrogen-bond donors (Lipinski definition) is 0. The number of fused-ring (bicyclic) bond motifs is 2. The Morgan fingerprint density at radius 2 is 1.24 bits per heavy atom. The van der Waals surface area contributed by atoms with Crippen molar-refractivity contribution >= 4 is 60.8 Å². The number of methoxy groups -OCH3 is 1. The highest BCUT2D eigenvalue weighted by Crippen LogP contribution is 2.33. The first-order valence-corrected chi connectivity index (χ1v) is 18.4. The molecule has 0 spiro atoms. The molecule has 0 N–H and O–H groups in total. The zero-order chi connectivity index (χ0) is 32.2. The molecular formula is C37H51N4O2S2+. The SMILES string of the molecule is COc1ccc(N(C)CCCN(C)CCSSCC[N+](C)(C)CCCN(C)c2ccc(C=O)c3ccccc23)c2ccccc12. The fourth-order valence-electron chi connectivity index (χ4n) is 5.88. The predicted molar refractivity (Wildman–Crippen MR) is 200 cm³/mol. The molecular weight excluding hydrogens is 597 g/mol. The lowest BCUT2D eigenvalue weighted by Gasteiger charge is -2.31. The van der Waals surface area contributed by atoms with E-state index in [2.05, 4.69) is 98.5 Å². The van der Waals surface area contributed by atoms with Crippen LogP contribution in [0.4, 0.5) is 11.4 Å². The van der Waals surface area contributed by atoms with E-state index in [9.17, 15) is 4.79 Å². The number of hydrogen-bond acceptors (Lipinski definition) is 7. The minimum atomic E-state index is 0.755. The maximum Gasteiger partial charge on any atom is 0.150 e. The lowest BCUT2D eigenvalue weighted by atomic mass is 10.0. The number of ether oxygens (including phenoxy) is 1. The molecule has 0 heterocycles. The summed E-state index contributed by atoms with van der Waals surface area (Å²) >= 11 is 0. The molecule has 0 saturated carbocycles. The van der Waals surface area contributed by atoms with E-state index in [-0.39, 0.29) is 0 Å². The Labute approximate surface area is 278 Å². The average Bonchev–Trinajstić information content (AvgIpc) is 3.05. The van der Waals surface area contributed by atoms with Gasteiger partial charge >= 0.3 is 0 Å². The van der Waals surface area contributed by atoms with E-state index >= 15 is 0 Å². The molecule has 0 radical (unpaired) electrons. The van der Waals surface area contributed by atoms with Gasteiger partial charge in [-0.3, -0.25) is 4.79 Å². The number of nitrogens with zero attached hydrogens (tertiary/aromatic N) is 4. The molecule has 6 nitrogen and oxygen atoms in total. The molecule has 0 aliphatic carbocycles. The van der Waals surface area contributed by atoms with Crippen LogP contribution in [0.2, 0.25) is 0 Å². The van der Waals surface area contributed by atoms with Gasteiger partial charge in [0.2, 0.25) is 0 Å². The van der Waals surface area contributed by atoms with Crippen LogP contribution in [0.1, 0.15) is 23.2 Å². The van der Waals surface area contributed by atoms with Crippen LogP contribution in [-0.4, -0.2) is 109 Å². The summed E-state index contributed by atoms with van der Waals surface area (Å²) in [6.45, 7) is 6.53. The van der Waals surface area contributed by atoms with E-state index in [4.69, 9.17) is 4.74 Å². The molecule has 0 bridgehead atoms. The number of anilines is 2. The number of carbonyl (C=O) groups is 1. The molecule has 0 atom stereocenters. The highest BCUT2D eigenvalue weighted by Gasteiger charge is 2.16. The maximum absolute atomic E-state index is 11.5. The number of benzene rings is 4. The molecule has 4 rings (SSSR count). The first-order valence-electron chi connectivity index (χ1n) is 15.9. The van der Waals surface area contributed by atoms with Crippen LogP contribution in [0.5, 0.6) is 5.75 Å². The molecule has 0 aliphatic rings. The van der Waals surface area contributed by atoms with Gasteiger partial charge in [-0.25, -0.2) is 0 Å². The van der Waals surface area contributed by atoms with Crippen LogP contribution in [0.25, 0.3) is 21.5 Å². The number of carbonyl (C=O) groups excluding carboxylic acids is 1. The second-order valence-electron chi connectivity index (χ2n) is 12.6. The van der Waals surface area contributed by atoms with Crippen molar-refractivity contribution in [2.24, 2.45) is 0 Å². The Kier molecular flexibility index (Phi) is 13.3. The second kappa shape index (κ2) is 17.1. The Morgan fingerprint density at radius 1 is 0.667 bits per heavy atom. The number of rotatable bonds is 19. The Hall–Kier alpha value is -2.91. The summed E-state index contributed by atoms with van der Waals surface area (Å²) < 4.78 is 6.60. The van der Waals surface area contributed by atoms with Crippen LogP contribution in [0.15, 0.2) is 72.8 Å². The van der Waals surface area contributed by atoms with Crippen molar-refractivity contribution in [1.29, 1.82) is 0 Å². The molecule has 0 unspecified atom stereocenters. The van der Waals surface area contributed by atoms with Gasteiger partial charge in [-0.05, 0) is 49.7 Å². The first-order chi connectivity index (χ1) is 21.7. The zero-order valence-electron chi connectivity index (χ0n) is 28.0. The fraction of sp³-hybridized carbons (Fsp3) is 0.432. The van der Waals surface area contributed by atoms with Crippen molar-refractivity contribution in [3.8, 4) is 5.75 Å². The van der Waals surface area contributed by atoms with Crippen molar-refractivity contribution in [3.05, 3.63) is 78.4 Å². The van der Waals surface area contributed by atoms with Gasteiger partial charge in [0, 0.05) is 79.0 Å². The van der Waals surface area contributed by atoms with Crippen molar-refractivity contribution in [3.63, 3.8) is 0 Å². The van der Waals surface area contributed by atoms with Gasteiger partial charge in [-0.15, -0.1) is 0 Å². The lowest BCUT2D eigenvalue weighted by molar-refractivity contribution is -0.887. The highest BCUT2D eigenvalue weighted by molar-refractivity contribution is 8.76. The van der Waals surface area contributed by atoms with Gasteiger partial charge in [-0.1, -0.05) is 70.1 Å².